The van der Waals surface area contributed by atoms with Crippen molar-refractivity contribution in [3.63, 3.8) is 0 Å². The zero-order valence-electron chi connectivity index (χ0n) is 11.4. The van der Waals surface area contributed by atoms with Gasteiger partial charge in [-0.05, 0) is 42.2 Å². The topological polar surface area (TPSA) is 29.5 Å². The first kappa shape index (κ1) is 14.4. The van der Waals surface area contributed by atoms with E-state index in [1.807, 2.05) is 24.3 Å². The molecule has 0 aromatic heterocycles. The normalized spacial score (nSPS) is 18.7. The first-order valence-corrected chi connectivity index (χ1v) is 7.34. The fourth-order valence-corrected chi connectivity index (χ4v) is 2.88. The first-order valence-electron chi connectivity index (χ1n) is 6.96. The fourth-order valence-electron chi connectivity index (χ4n) is 2.67. The van der Waals surface area contributed by atoms with Gasteiger partial charge in [0.15, 0.2) is 0 Å². The zero-order chi connectivity index (χ0) is 14.8. The molecule has 110 valence electrons. The van der Waals surface area contributed by atoms with E-state index in [9.17, 15) is 9.50 Å². The quantitative estimate of drug-likeness (QED) is 0.938. The van der Waals surface area contributed by atoms with Crippen molar-refractivity contribution in [3.05, 3.63) is 64.4 Å². The van der Waals surface area contributed by atoms with Gasteiger partial charge in [-0.25, -0.2) is 4.39 Å². The molecule has 0 bridgehead atoms. The molecule has 0 radical (unpaired) electrons. The van der Waals surface area contributed by atoms with Crippen LogP contribution in [-0.2, 0) is 12.8 Å². The van der Waals surface area contributed by atoms with Crippen LogP contribution >= 0.6 is 11.6 Å². The van der Waals surface area contributed by atoms with Crippen LogP contribution in [0.3, 0.4) is 0 Å². The van der Waals surface area contributed by atoms with Gasteiger partial charge >= 0.3 is 0 Å². The molecule has 21 heavy (non-hydrogen) atoms. The molecule has 0 saturated carbocycles. The maximum atomic E-state index is 13.1. The number of aliphatic hydroxyl groups excluding tert-OH is 1. The molecule has 2 aromatic rings. The third-order valence-electron chi connectivity index (χ3n) is 3.88. The molecule has 2 aromatic carbocycles. The largest absolute Gasteiger partial charge is 0.493 e. The Morgan fingerprint density at radius 1 is 1.29 bits per heavy atom. The highest BCUT2D eigenvalue weighted by molar-refractivity contribution is 6.30. The number of rotatable bonds is 3. The summed E-state index contributed by atoms with van der Waals surface area (Å²) >= 11 is 5.77. The van der Waals surface area contributed by atoms with E-state index in [2.05, 4.69) is 0 Å². The molecule has 1 heterocycles. The Bertz CT molecular complexity index is 644. The summed E-state index contributed by atoms with van der Waals surface area (Å²) in [4.78, 5) is 0. The maximum Gasteiger partial charge on any atom is 0.141 e. The van der Waals surface area contributed by atoms with Crippen LogP contribution in [0.5, 0.6) is 5.75 Å². The van der Waals surface area contributed by atoms with E-state index < -0.39 is 11.9 Å². The minimum atomic E-state index is -0.542. The standard InChI is InChI=1S/C17H16ClFO2/c18-14-7-11(5-6-15(14)19)8-16(20)13-9-12-3-1-2-4-17(12)21-10-13/h1-7,13,16,20H,8-10H2. The van der Waals surface area contributed by atoms with Gasteiger partial charge in [-0.3, -0.25) is 0 Å². The summed E-state index contributed by atoms with van der Waals surface area (Å²) in [5.74, 6) is 0.485. The molecular weight excluding hydrogens is 291 g/mol. The number of para-hydroxylation sites is 1. The van der Waals surface area contributed by atoms with Crippen LogP contribution < -0.4 is 4.74 Å². The molecule has 2 atom stereocenters. The van der Waals surface area contributed by atoms with Gasteiger partial charge < -0.3 is 9.84 Å². The SMILES string of the molecule is OC(Cc1ccc(F)c(Cl)c1)C1COc2ccccc2C1. The second-order valence-corrected chi connectivity index (χ2v) is 5.81. The lowest BCUT2D eigenvalue weighted by Gasteiger charge is -2.29. The van der Waals surface area contributed by atoms with Crippen LogP contribution in [0.1, 0.15) is 11.1 Å². The van der Waals surface area contributed by atoms with Crippen molar-refractivity contribution >= 4 is 11.6 Å². The highest BCUT2D eigenvalue weighted by atomic mass is 35.5. The first-order chi connectivity index (χ1) is 10.1. The second kappa shape index (κ2) is 6.04. The molecule has 0 spiro atoms. The van der Waals surface area contributed by atoms with Gasteiger partial charge in [-0.15, -0.1) is 0 Å². The number of hydrogen-bond donors (Lipinski definition) is 1. The lowest BCUT2D eigenvalue weighted by Crippen LogP contribution is -2.33. The van der Waals surface area contributed by atoms with Gasteiger partial charge in [-0.2, -0.15) is 0 Å². The summed E-state index contributed by atoms with van der Waals surface area (Å²) in [5.41, 5.74) is 1.94. The molecule has 0 fully saturated rings. The van der Waals surface area contributed by atoms with Gasteiger partial charge in [-0.1, -0.05) is 35.9 Å². The highest BCUT2D eigenvalue weighted by Crippen LogP contribution is 2.29. The Morgan fingerprint density at radius 2 is 2.10 bits per heavy atom. The lowest BCUT2D eigenvalue weighted by molar-refractivity contribution is 0.0652. The van der Waals surface area contributed by atoms with Crippen molar-refractivity contribution in [2.45, 2.75) is 18.9 Å². The number of benzene rings is 2. The molecule has 4 heteroatoms. The highest BCUT2D eigenvalue weighted by Gasteiger charge is 2.26. The third-order valence-corrected chi connectivity index (χ3v) is 4.17. The Balaban J connectivity index is 1.69. The van der Waals surface area contributed by atoms with Crippen molar-refractivity contribution in [3.8, 4) is 5.75 Å². The van der Waals surface area contributed by atoms with E-state index in [1.165, 1.54) is 6.07 Å². The van der Waals surface area contributed by atoms with Gasteiger partial charge in [0.2, 0.25) is 0 Å². The molecule has 0 amide bonds. The van der Waals surface area contributed by atoms with Crippen molar-refractivity contribution in [2.24, 2.45) is 5.92 Å². The van der Waals surface area contributed by atoms with Gasteiger partial charge in [0.05, 0.1) is 17.7 Å². The van der Waals surface area contributed by atoms with Crippen LogP contribution in [0.4, 0.5) is 4.39 Å². The van der Waals surface area contributed by atoms with Gasteiger partial charge in [0.1, 0.15) is 11.6 Å². The van der Waals surface area contributed by atoms with Crippen LogP contribution in [0.15, 0.2) is 42.5 Å². The summed E-state index contributed by atoms with van der Waals surface area (Å²) < 4.78 is 18.8. The Labute approximate surface area is 128 Å². The second-order valence-electron chi connectivity index (χ2n) is 5.40. The van der Waals surface area contributed by atoms with Crippen LogP contribution in [0.2, 0.25) is 5.02 Å². The maximum absolute atomic E-state index is 13.1. The Kier molecular flexibility index (Phi) is 4.13. The average molecular weight is 307 g/mol. The minimum Gasteiger partial charge on any atom is -0.493 e. The minimum absolute atomic E-state index is 0.0312. The molecule has 1 N–H and O–H groups in total. The molecule has 1 aliphatic rings. The van der Waals surface area contributed by atoms with Crippen molar-refractivity contribution in [1.82, 2.24) is 0 Å². The third kappa shape index (κ3) is 3.20. The van der Waals surface area contributed by atoms with E-state index in [0.717, 1.165) is 23.3 Å². The summed E-state index contributed by atoms with van der Waals surface area (Å²) in [6, 6.07) is 12.4. The molecule has 2 unspecified atom stereocenters. The zero-order valence-corrected chi connectivity index (χ0v) is 12.2. The number of halogens is 2. The van der Waals surface area contributed by atoms with Crippen LogP contribution in [0, 0.1) is 11.7 Å². The van der Waals surface area contributed by atoms with Crippen LogP contribution in [0.25, 0.3) is 0 Å². The van der Waals surface area contributed by atoms with E-state index >= 15 is 0 Å². The Morgan fingerprint density at radius 3 is 2.90 bits per heavy atom. The van der Waals surface area contributed by atoms with E-state index in [4.69, 9.17) is 16.3 Å². The number of fused-ring (bicyclic) bond motifs is 1. The summed E-state index contributed by atoms with van der Waals surface area (Å²) in [5, 5.41) is 10.5. The molecular formula is C17H16ClFO2. The Hall–Kier alpha value is -1.58. The van der Waals surface area contributed by atoms with Crippen molar-refractivity contribution < 1.29 is 14.2 Å². The van der Waals surface area contributed by atoms with E-state index in [-0.39, 0.29) is 10.9 Å². The average Bonchev–Trinajstić information content (AvgIpc) is 2.50. The lowest BCUT2D eigenvalue weighted by atomic mass is 9.89. The number of aliphatic hydroxyl groups is 1. The number of ether oxygens (including phenoxy) is 1. The van der Waals surface area contributed by atoms with Crippen LogP contribution in [-0.4, -0.2) is 17.8 Å². The van der Waals surface area contributed by atoms with Gasteiger partial charge in [0, 0.05) is 5.92 Å². The smallest absolute Gasteiger partial charge is 0.141 e. The molecule has 0 aliphatic carbocycles. The molecule has 3 rings (SSSR count). The summed E-state index contributed by atoms with van der Waals surface area (Å²) in [6.07, 6.45) is 0.683. The van der Waals surface area contributed by atoms with Crippen molar-refractivity contribution in [2.75, 3.05) is 6.61 Å². The molecule has 1 aliphatic heterocycles. The summed E-state index contributed by atoms with van der Waals surface area (Å²) in [7, 11) is 0. The predicted octanol–water partition coefficient (Wildman–Crippen LogP) is 3.63. The van der Waals surface area contributed by atoms with Crippen molar-refractivity contribution in [1.29, 1.82) is 0 Å². The van der Waals surface area contributed by atoms with Gasteiger partial charge in [0.25, 0.3) is 0 Å². The molecule has 0 saturated heterocycles. The summed E-state index contributed by atoms with van der Waals surface area (Å²) in [6.45, 7) is 0.493. The fraction of sp³-hybridized carbons (Fsp3) is 0.294. The van der Waals surface area contributed by atoms with E-state index in [0.29, 0.717) is 13.0 Å². The predicted molar refractivity (Wildman–Crippen MR) is 80.3 cm³/mol. The van der Waals surface area contributed by atoms with E-state index in [1.54, 1.807) is 12.1 Å². The monoisotopic (exact) mass is 306 g/mol. The molecule has 2 nitrogen and oxygen atoms in total. The number of hydrogen-bond acceptors (Lipinski definition) is 2.